The van der Waals surface area contributed by atoms with Crippen LogP contribution in [0.5, 0.6) is 0 Å². The number of sulfonamides is 1. The summed E-state index contributed by atoms with van der Waals surface area (Å²) in [5, 5.41) is 0. The minimum atomic E-state index is -3.65. The van der Waals surface area contributed by atoms with Crippen molar-refractivity contribution in [2.75, 3.05) is 19.8 Å². The molecular formula is C9H14N4O2S. The molecule has 0 heterocycles. The van der Waals surface area contributed by atoms with Crippen molar-refractivity contribution in [2.24, 2.45) is 10.7 Å². The molecule has 4 N–H and O–H groups in total. The average Bonchev–Trinajstić information content (AvgIpc) is 2.27. The van der Waals surface area contributed by atoms with E-state index in [1.165, 1.54) is 38.4 Å². The first kappa shape index (κ1) is 12.3. The van der Waals surface area contributed by atoms with E-state index in [4.69, 9.17) is 11.5 Å². The first-order valence-corrected chi connectivity index (χ1v) is 5.90. The Bertz CT molecular complexity index is 493. The fraction of sp³-hybridized carbons (Fsp3) is 0.222. The highest BCUT2D eigenvalue weighted by atomic mass is 32.2. The molecule has 0 radical (unpaired) electrons. The minimum Gasteiger partial charge on any atom is -0.399 e. The molecule has 0 bridgehead atoms. The predicted octanol–water partition coefficient (Wildman–Crippen LogP) is -0.166. The summed E-state index contributed by atoms with van der Waals surface area (Å²) in [4.78, 5) is 3.74. The maximum atomic E-state index is 12.0. The number of anilines is 1. The Morgan fingerprint density at radius 1 is 1.31 bits per heavy atom. The molecule has 0 saturated heterocycles. The number of benzene rings is 1. The van der Waals surface area contributed by atoms with Crippen LogP contribution in [-0.2, 0) is 10.0 Å². The summed E-state index contributed by atoms with van der Waals surface area (Å²) in [7, 11) is -0.883. The van der Waals surface area contributed by atoms with Gasteiger partial charge in [-0.2, -0.15) is 0 Å². The third kappa shape index (κ3) is 2.25. The van der Waals surface area contributed by atoms with Gasteiger partial charge in [-0.25, -0.2) is 12.7 Å². The van der Waals surface area contributed by atoms with Crippen molar-refractivity contribution in [3.05, 3.63) is 24.3 Å². The predicted molar refractivity (Wildman–Crippen MR) is 63.3 cm³/mol. The Morgan fingerprint density at radius 3 is 2.25 bits per heavy atom. The smallest absolute Gasteiger partial charge is 0.266 e. The van der Waals surface area contributed by atoms with Crippen LogP contribution < -0.4 is 11.5 Å². The minimum absolute atomic E-state index is 0.0724. The van der Waals surface area contributed by atoms with Crippen LogP contribution in [-0.4, -0.2) is 32.8 Å². The summed E-state index contributed by atoms with van der Waals surface area (Å²) in [5.41, 5.74) is 11.4. The van der Waals surface area contributed by atoms with Gasteiger partial charge in [0.15, 0.2) is 0 Å². The number of nitrogens with zero attached hydrogens (tertiary/aromatic N) is 2. The molecule has 0 atom stereocenters. The second-order valence-corrected chi connectivity index (χ2v) is 5.09. The van der Waals surface area contributed by atoms with E-state index in [0.717, 1.165) is 4.31 Å². The molecule has 0 saturated carbocycles. The zero-order valence-electron chi connectivity index (χ0n) is 9.08. The summed E-state index contributed by atoms with van der Waals surface area (Å²) >= 11 is 0. The molecule has 0 spiro atoms. The Balaban J connectivity index is 3.17. The molecule has 0 unspecified atom stereocenters. The van der Waals surface area contributed by atoms with Crippen molar-refractivity contribution in [2.45, 2.75) is 4.90 Å². The molecule has 16 heavy (non-hydrogen) atoms. The molecule has 0 aliphatic heterocycles. The molecule has 1 aromatic rings. The van der Waals surface area contributed by atoms with Crippen LogP contribution >= 0.6 is 0 Å². The first-order chi connectivity index (χ1) is 7.39. The highest BCUT2D eigenvalue weighted by Crippen LogP contribution is 2.15. The van der Waals surface area contributed by atoms with Gasteiger partial charge in [0.05, 0.1) is 4.90 Å². The highest BCUT2D eigenvalue weighted by Gasteiger charge is 2.21. The van der Waals surface area contributed by atoms with Gasteiger partial charge in [-0.3, -0.25) is 4.99 Å². The lowest BCUT2D eigenvalue weighted by molar-refractivity contribution is 0.551. The van der Waals surface area contributed by atoms with Crippen LogP contribution in [0.1, 0.15) is 0 Å². The van der Waals surface area contributed by atoms with Crippen molar-refractivity contribution in [3.63, 3.8) is 0 Å². The van der Waals surface area contributed by atoms with Crippen molar-refractivity contribution < 1.29 is 8.42 Å². The molecule has 0 aliphatic carbocycles. The second-order valence-electron chi connectivity index (χ2n) is 3.12. The van der Waals surface area contributed by atoms with Crippen molar-refractivity contribution in [1.82, 2.24) is 4.31 Å². The number of hydrogen-bond donors (Lipinski definition) is 2. The number of nitrogens with two attached hydrogens (primary N) is 2. The van der Waals surface area contributed by atoms with Crippen LogP contribution in [0.4, 0.5) is 5.69 Å². The third-order valence-corrected chi connectivity index (χ3v) is 3.87. The van der Waals surface area contributed by atoms with Crippen LogP contribution in [0.2, 0.25) is 0 Å². The van der Waals surface area contributed by atoms with Gasteiger partial charge in [0.25, 0.3) is 10.0 Å². The number of aliphatic imine (C=N–C) groups is 1. The quantitative estimate of drug-likeness (QED) is 0.427. The monoisotopic (exact) mass is 242 g/mol. The van der Waals surface area contributed by atoms with Crippen LogP contribution in [0.3, 0.4) is 0 Å². The van der Waals surface area contributed by atoms with Gasteiger partial charge in [-0.05, 0) is 24.3 Å². The normalized spacial score (nSPS) is 12.5. The Morgan fingerprint density at radius 2 is 1.81 bits per heavy atom. The van der Waals surface area contributed by atoms with E-state index >= 15 is 0 Å². The van der Waals surface area contributed by atoms with Gasteiger partial charge in [0.2, 0.25) is 5.96 Å². The highest BCUT2D eigenvalue weighted by molar-refractivity contribution is 7.89. The van der Waals surface area contributed by atoms with Crippen molar-refractivity contribution in [3.8, 4) is 0 Å². The van der Waals surface area contributed by atoms with E-state index in [-0.39, 0.29) is 10.9 Å². The van der Waals surface area contributed by atoms with Gasteiger partial charge < -0.3 is 11.5 Å². The Labute approximate surface area is 94.6 Å². The molecule has 1 aromatic carbocycles. The standard InChI is InChI=1S/C9H14N4O2S/c1-12-9(11)13(2)16(14,15)8-5-3-7(10)4-6-8/h3-6H,10H2,1-2H3,(H2,11,12). The summed E-state index contributed by atoms with van der Waals surface area (Å²) in [6, 6.07) is 5.87. The van der Waals surface area contributed by atoms with Crippen LogP contribution in [0, 0.1) is 0 Å². The first-order valence-electron chi connectivity index (χ1n) is 4.46. The van der Waals surface area contributed by atoms with Gasteiger partial charge in [0, 0.05) is 19.8 Å². The lowest BCUT2D eigenvalue weighted by Gasteiger charge is -2.17. The zero-order valence-corrected chi connectivity index (χ0v) is 9.90. The zero-order chi connectivity index (χ0) is 12.3. The number of guanidine groups is 1. The summed E-state index contributed by atoms with van der Waals surface area (Å²) in [6.07, 6.45) is 0. The summed E-state index contributed by atoms with van der Waals surface area (Å²) in [6.45, 7) is 0. The van der Waals surface area contributed by atoms with Gasteiger partial charge >= 0.3 is 0 Å². The molecule has 0 aromatic heterocycles. The van der Waals surface area contributed by atoms with E-state index < -0.39 is 10.0 Å². The van der Waals surface area contributed by atoms with Crippen molar-refractivity contribution >= 4 is 21.7 Å². The molecule has 0 amide bonds. The Kier molecular flexibility index (Phi) is 3.38. The third-order valence-electron chi connectivity index (χ3n) is 2.09. The van der Waals surface area contributed by atoms with E-state index in [1.54, 1.807) is 0 Å². The fourth-order valence-corrected chi connectivity index (χ4v) is 2.19. The molecule has 6 nitrogen and oxygen atoms in total. The molecular weight excluding hydrogens is 228 g/mol. The van der Waals surface area contributed by atoms with Gasteiger partial charge in [-0.1, -0.05) is 0 Å². The Hall–Kier alpha value is -1.76. The fourth-order valence-electron chi connectivity index (χ4n) is 1.06. The van der Waals surface area contributed by atoms with Gasteiger partial charge in [-0.15, -0.1) is 0 Å². The average molecular weight is 242 g/mol. The summed E-state index contributed by atoms with van der Waals surface area (Å²) in [5.74, 6) is -0.0724. The number of rotatable bonds is 2. The van der Waals surface area contributed by atoms with E-state index in [1.807, 2.05) is 0 Å². The molecule has 7 heteroatoms. The van der Waals surface area contributed by atoms with Crippen LogP contribution in [0.15, 0.2) is 34.2 Å². The molecule has 0 fully saturated rings. The van der Waals surface area contributed by atoms with Crippen LogP contribution in [0.25, 0.3) is 0 Å². The van der Waals surface area contributed by atoms with E-state index in [0.29, 0.717) is 5.69 Å². The maximum Gasteiger partial charge on any atom is 0.266 e. The molecule has 1 rings (SSSR count). The SMILES string of the molecule is CN=C(N)N(C)S(=O)(=O)c1ccc(N)cc1. The number of hydrogen-bond acceptors (Lipinski definition) is 4. The molecule has 88 valence electrons. The van der Waals surface area contributed by atoms with Crippen molar-refractivity contribution in [1.29, 1.82) is 0 Å². The van der Waals surface area contributed by atoms with Gasteiger partial charge in [0.1, 0.15) is 0 Å². The van der Waals surface area contributed by atoms with E-state index in [2.05, 4.69) is 4.99 Å². The summed E-state index contributed by atoms with van der Waals surface area (Å²) < 4.78 is 24.9. The molecule has 0 aliphatic rings. The lowest BCUT2D eigenvalue weighted by Crippen LogP contribution is -2.38. The topological polar surface area (TPSA) is 102 Å². The second kappa shape index (κ2) is 4.40. The lowest BCUT2D eigenvalue weighted by atomic mass is 10.3. The number of nitrogen functional groups attached to an aromatic ring is 1. The largest absolute Gasteiger partial charge is 0.399 e. The van der Waals surface area contributed by atoms with E-state index in [9.17, 15) is 8.42 Å². The maximum absolute atomic E-state index is 12.0.